The van der Waals surface area contributed by atoms with Crippen LogP contribution in [0, 0.1) is 0 Å². The number of methoxy groups -OCH3 is 1. The van der Waals surface area contributed by atoms with E-state index in [0.29, 0.717) is 0 Å². The lowest BCUT2D eigenvalue weighted by atomic mass is 10.1. The lowest BCUT2D eigenvalue weighted by molar-refractivity contribution is -0.157. The molecule has 5 heteroatoms. The quantitative estimate of drug-likeness (QED) is 0.436. The lowest BCUT2D eigenvalue weighted by Gasteiger charge is -2.12. The van der Waals surface area contributed by atoms with Crippen LogP contribution in [0.3, 0.4) is 0 Å². The Balaban J connectivity index is 3.99. The predicted octanol–water partition coefficient (Wildman–Crippen LogP) is 0.0669. The van der Waals surface area contributed by atoms with Crippen molar-refractivity contribution in [1.82, 2.24) is 0 Å². The van der Waals surface area contributed by atoms with Crippen LogP contribution >= 0.6 is 0 Å². The summed E-state index contributed by atoms with van der Waals surface area (Å²) in [4.78, 5) is 21.0. The standard InChI is InChI=1S/C6H10O5/c1-6(2,9)4(7)11-5(8)10-3/h9H,1-3H3. The molecular formula is C6H10O5. The van der Waals surface area contributed by atoms with Crippen molar-refractivity contribution in [2.75, 3.05) is 7.11 Å². The highest BCUT2D eigenvalue weighted by Crippen LogP contribution is 2.03. The highest BCUT2D eigenvalue weighted by atomic mass is 16.7. The minimum atomic E-state index is -1.67. The molecule has 0 aliphatic rings. The van der Waals surface area contributed by atoms with Gasteiger partial charge in [0.25, 0.3) is 0 Å². The first kappa shape index (κ1) is 9.90. The van der Waals surface area contributed by atoms with Crippen LogP contribution in [0.15, 0.2) is 0 Å². The van der Waals surface area contributed by atoms with Gasteiger partial charge in [0.1, 0.15) is 0 Å². The first-order valence-electron chi connectivity index (χ1n) is 2.90. The van der Waals surface area contributed by atoms with Gasteiger partial charge in [-0.3, -0.25) is 0 Å². The second kappa shape index (κ2) is 3.34. The number of aliphatic hydroxyl groups is 1. The Kier molecular flexibility index (Phi) is 3.00. The average molecular weight is 162 g/mol. The van der Waals surface area contributed by atoms with Crippen molar-refractivity contribution >= 4 is 12.1 Å². The van der Waals surface area contributed by atoms with E-state index in [-0.39, 0.29) is 0 Å². The molecule has 0 bridgehead atoms. The van der Waals surface area contributed by atoms with Gasteiger partial charge in [0, 0.05) is 0 Å². The number of carbonyl (C=O) groups is 2. The molecule has 0 aliphatic heterocycles. The number of esters is 1. The van der Waals surface area contributed by atoms with Crippen LogP contribution in [0.4, 0.5) is 4.79 Å². The molecule has 0 rings (SSSR count). The van der Waals surface area contributed by atoms with Gasteiger partial charge in [-0.15, -0.1) is 0 Å². The largest absolute Gasteiger partial charge is 0.515 e. The smallest absolute Gasteiger partial charge is 0.437 e. The van der Waals surface area contributed by atoms with E-state index in [1.54, 1.807) is 0 Å². The number of carbonyl (C=O) groups excluding carboxylic acids is 2. The summed E-state index contributed by atoms with van der Waals surface area (Å²) in [5.41, 5.74) is -1.67. The minimum Gasteiger partial charge on any atom is -0.437 e. The molecule has 0 amide bonds. The van der Waals surface area contributed by atoms with Gasteiger partial charge in [-0.1, -0.05) is 0 Å². The molecule has 0 saturated heterocycles. The third-order valence-electron chi connectivity index (χ3n) is 0.842. The molecule has 0 aliphatic carbocycles. The SMILES string of the molecule is COC(=O)OC(=O)C(C)(C)O. The molecular weight excluding hydrogens is 152 g/mol. The van der Waals surface area contributed by atoms with Crippen LogP contribution in [0.5, 0.6) is 0 Å². The zero-order chi connectivity index (χ0) is 9.07. The van der Waals surface area contributed by atoms with Gasteiger partial charge in [0.2, 0.25) is 0 Å². The van der Waals surface area contributed by atoms with Crippen molar-refractivity contribution in [3.8, 4) is 0 Å². The van der Waals surface area contributed by atoms with E-state index < -0.39 is 17.7 Å². The Morgan fingerprint density at radius 3 is 2.09 bits per heavy atom. The van der Waals surface area contributed by atoms with Crippen LogP contribution in [0.2, 0.25) is 0 Å². The Labute approximate surface area is 63.9 Å². The fourth-order valence-electron chi connectivity index (χ4n) is 0.242. The fraction of sp³-hybridized carbons (Fsp3) is 0.667. The summed E-state index contributed by atoms with van der Waals surface area (Å²) in [5, 5.41) is 8.95. The zero-order valence-electron chi connectivity index (χ0n) is 6.58. The molecule has 0 heterocycles. The van der Waals surface area contributed by atoms with Gasteiger partial charge < -0.3 is 14.6 Å². The summed E-state index contributed by atoms with van der Waals surface area (Å²) in [5.74, 6) is -1.04. The minimum absolute atomic E-state index is 1.04. The topological polar surface area (TPSA) is 72.8 Å². The Hall–Kier alpha value is -1.10. The third-order valence-corrected chi connectivity index (χ3v) is 0.842. The van der Waals surface area contributed by atoms with Crippen molar-refractivity contribution in [1.29, 1.82) is 0 Å². The Morgan fingerprint density at radius 1 is 1.36 bits per heavy atom. The van der Waals surface area contributed by atoms with Crippen LogP contribution in [-0.2, 0) is 14.3 Å². The molecule has 0 atom stereocenters. The van der Waals surface area contributed by atoms with Crippen molar-refractivity contribution in [3.63, 3.8) is 0 Å². The van der Waals surface area contributed by atoms with E-state index in [0.717, 1.165) is 7.11 Å². The van der Waals surface area contributed by atoms with Crippen LogP contribution in [0.1, 0.15) is 13.8 Å². The number of rotatable bonds is 1. The Bertz CT molecular complexity index is 166. The highest BCUT2D eigenvalue weighted by Gasteiger charge is 2.28. The van der Waals surface area contributed by atoms with Crippen LogP contribution in [-0.4, -0.2) is 29.9 Å². The van der Waals surface area contributed by atoms with E-state index in [1.165, 1.54) is 13.8 Å². The van der Waals surface area contributed by atoms with Gasteiger partial charge in [0.05, 0.1) is 7.11 Å². The second-order valence-electron chi connectivity index (χ2n) is 2.40. The van der Waals surface area contributed by atoms with E-state index >= 15 is 0 Å². The predicted molar refractivity (Wildman–Crippen MR) is 34.8 cm³/mol. The molecule has 0 fully saturated rings. The van der Waals surface area contributed by atoms with E-state index in [9.17, 15) is 9.59 Å². The molecule has 0 unspecified atom stereocenters. The molecule has 0 aromatic rings. The summed E-state index contributed by atoms with van der Waals surface area (Å²) < 4.78 is 8.04. The molecule has 0 radical (unpaired) electrons. The third kappa shape index (κ3) is 3.57. The van der Waals surface area contributed by atoms with Crippen molar-refractivity contribution in [2.24, 2.45) is 0 Å². The molecule has 11 heavy (non-hydrogen) atoms. The van der Waals surface area contributed by atoms with Gasteiger partial charge in [-0.25, -0.2) is 9.59 Å². The maximum atomic E-state index is 10.7. The van der Waals surface area contributed by atoms with Gasteiger partial charge in [-0.05, 0) is 13.8 Å². The molecule has 0 spiro atoms. The highest BCUT2D eigenvalue weighted by molar-refractivity contribution is 5.87. The van der Waals surface area contributed by atoms with E-state index in [1.807, 2.05) is 0 Å². The zero-order valence-corrected chi connectivity index (χ0v) is 6.58. The lowest BCUT2D eigenvalue weighted by Crippen LogP contribution is -2.34. The monoisotopic (exact) mass is 162 g/mol. The summed E-state index contributed by atoms with van der Waals surface area (Å²) in [7, 11) is 1.07. The van der Waals surface area contributed by atoms with Gasteiger partial charge >= 0.3 is 12.1 Å². The van der Waals surface area contributed by atoms with Crippen LogP contribution < -0.4 is 0 Å². The second-order valence-corrected chi connectivity index (χ2v) is 2.40. The van der Waals surface area contributed by atoms with Gasteiger partial charge in [0.15, 0.2) is 5.60 Å². The van der Waals surface area contributed by atoms with Crippen molar-refractivity contribution < 1.29 is 24.2 Å². The molecule has 0 aromatic carbocycles. The maximum Gasteiger partial charge on any atom is 0.515 e. The van der Waals surface area contributed by atoms with Gasteiger partial charge in [-0.2, -0.15) is 0 Å². The number of hydrogen-bond donors (Lipinski definition) is 1. The first-order chi connectivity index (χ1) is 4.88. The molecule has 64 valence electrons. The first-order valence-corrected chi connectivity index (χ1v) is 2.90. The summed E-state index contributed by atoms with van der Waals surface area (Å²) in [6.45, 7) is 2.41. The van der Waals surface area contributed by atoms with E-state index in [4.69, 9.17) is 5.11 Å². The Morgan fingerprint density at radius 2 is 1.82 bits per heavy atom. The molecule has 0 saturated carbocycles. The van der Waals surface area contributed by atoms with E-state index in [2.05, 4.69) is 9.47 Å². The normalized spacial score (nSPS) is 10.5. The fourth-order valence-corrected chi connectivity index (χ4v) is 0.242. The number of ether oxygens (including phenoxy) is 2. The summed E-state index contributed by atoms with van der Waals surface area (Å²) >= 11 is 0. The van der Waals surface area contributed by atoms with Crippen molar-refractivity contribution in [3.05, 3.63) is 0 Å². The molecule has 0 aromatic heterocycles. The van der Waals surface area contributed by atoms with Crippen molar-refractivity contribution in [2.45, 2.75) is 19.4 Å². The average Bonchev–Trinajstić information content (AvgIpc) is 1.85. The summed E-state index contributed by atoms with van der Waals surface area (Å²) in [6.07, 6.45) is -1.13. The van der Waals surface area contributed by atoms with Crippen LogP contribution in [0.25, 0.3) is 0 Å². The number of hydrogen-bond acceptors (Lipinski definition) is 5. The molecule has 1 N–H and O–H groups in total. The molecule has 5 nitrogen and oxygen atoms in total. The maximum absolute atomic E-state index is 10.7. The summed E-state index contributed by atoms with van der Waals surface area (Å²) in [6, 6.07) is 0.